The van der Waals surface area contributed by atoms with Crippen LogP contribution in [0, 0.1) is 0 Å². The molecule has 1 aromatic heterocycles. The summed E-state index contributed by atoms with van der Waals surface area (Å²) in [4.78, 5) is 40.4. The van der Waals surface area contributed by atoms with Gasteiger partial charge in [0.15, 0.2) is 0 Å². The SMILES string of the molecule is CCN1C(=O)c2cc3ccccc3n2C[C@]1(C)C(=O)NCC(=O)NCc1ccc(OC)cc1. The second-order valence-corrected chi connectivity index (χ2v) is 8.31. The molecule has 172 valence electrons. The number of para-hydroxylation sites is 1. The van der Waals surface area contributed by atoms with Gasteiger partial charge in [-0.15, -0.1) is 0 Å². The minimum absolute atomic E-state index is 0.171. The Morgan fingerprint density at radius 3 is 2.52 bits per heavy atom. The first kappa shape index (κ1) is 22.4. The number of nitrogens with zero attached hydrogens (tertiary/aromatic N) is 2. The molecule has 8 nitrogen and oxygen atoms in total. The van der Waals surface area contributed by atoms with E-state index in [9.17, 15) is 14.4 Å². The Labute approximate surface area is 192 Å². The zero-order chi connectivity index (χ0) is 23.6. The molecule has 1 atom stereocenters. The lowest BCUT2D eigenvalue weighted by Crippen LogP contribution is -2.64. The monoisotopic (exact) mass is 448 g/mol. The number of rotatable bonds is 7. The van der Waals surface area contributed by atoms with Crippen molar-refractivity contribution in [2.24, 2.45) is 0 Å². The average molecular weight is 449 g/mol. The largest absolute Gasteiger partial charge is 0.497 e. The third-order valence-corrected chi connectivity index (χ3v) is 6.20. The molecule has 33 heavy (non-hydrogen) atoms. The van der Waals surface area contributed by atoms with Crippen LogP contribution >= 0.6 is 0 Å². The van der Waals surface area contributed by atoms with Gasteiger partial charge < -0.3 is 24.8 Å². The lowest BCUT2D eigenvalue weighted by molar-refractivity contribution is -0.134. The van der Waals surface area contributed by atoms with Gasteiger partial charge in [0.05, 0.1) is 20.2 Å². The summed E-state index contributed by atoms with van der Waals surface area (Å²) in [5.41, 5.74) is 1.29. The molecule has 0 saturated carbocycles. The number of amides is 3. The summed E-state index contributed by atoms with van der Waals surface area (Å²) in [6.07, 6.45) is 0. The van der Waals surface area contributed by atoms with Crippen LogP contribution in [0.15, 0.2) is 54.6 Å². The van der Waals surface area contributed by atoms with Gasteiger partial charge in [-0.05, 0) is 43.7 Å². The smallest absolute Gasteiger partial charge is 0.271 e. The number of carbonyl (C=O) groups excluding carboxylic acids is 3. The molecular formula is C25H28N4O4. The Balaban J connectivity index is 1.44. The molecule has 0 saturated heterocycles. The molecule has 0 radical (unpaired) electrons. The standard InChI is InChI=1S/C25H28N4O4/c1-4-29-23(31)21-13-18-7-5-6-8-20(18)28(21)16-25(29,2)24(32)27-15-22(30)26-14-17-9-11-19(33-3)12-10-17/h5-13H,4,14-16H2,1-3H3,(H,26,30)(H,27,32)/t25-/m1/s1. The molecule has 1 aliphatic heterocycles. The van der Waals surface area contributed by atoms with E-state index in [1.54, 1.807) is 18.9 Å². The lowest BCUT2D eigenvalue weighted by atomic mass is 9.95. The number of methoxy groups -OCH3 is 1. The molecule has 2 N–H and O–H groups in total. The van der Waals surface area contributed by atoms with Crippen molar-refractivity contribution < 1.29 is 19.1 Å². The first-order chi connectivity index (χ1) is 15.9. The topological polar surface area (TPSA) is 92.7 Å². The highest BCUT2D eigenvalue weighted by molar-refractivity contribution is 6.04. The number of carbonyl (C=O) groups is 3. The van der Waals surface area contributed by atoms with Crippen molar-refractivity contribution in [1.82, 2.24) is 20.1 Å². The Hall–Kier alpha value is -3.81. The zero-order valence-electron chi connectivity index (χ0n) is 19.1. The van der Waals surface area contributed by atoms with Gasteiger partial charge in [0, 0.05) is 24.0 Å². The first-order valence-corrected chi connectivity index (χ1v) is 11.0. The van der Waals surface area contributed by atoms with Gasteiger partial charge in [0.25, 0.3) is 5.91 Å². The molecule has 0 aliphatic carbocycles. The van der Waals surface area contributed by atoms with Crippen molar-refractivity contribution in [3.05, 3.63) is 65.9 Å². The van der Waals surface area contributed by atoms with Crippen molar-refractivity contribution >= 4 is 28.6 Å². The minimum atomic E-state index is -1.11. The molecule has 0 fully saturated rings. The van der Waals surface area contributed by atoms with Crippen LogP contribution in [-0.4, -0.2) is 52.9 Å². The van der Waals surface area contributed by atoms with Gasteiger partial charge in [-0.25, -0.2) is 0 Å². The molecule has 3 amide bonds. The molecule has 4 rings (SSSR count). The Bertz CT molecular complexity index is 1200. The molecular weight excluding hydrogens is 420 g/mol. The number of likely N-dealkylation sites (N-methyl/N-ethyl adjacent to an activating group) is 1. The summed E-state index contributed by atoms with van der Waals surface area (Å²) in [5, 5.41) is 6.48. The molecule has 8 heteroatoms. The van der Waals surface area contributed by atoms with Crippen LogP contribution in [-0.2, 0) is 22.7 Å². The average Bonchev–Trinajstić information content (AvgIpc) is 3.20. The van der Waals surface area contributed by atoms with Crippen LogP contribution < -0.4 is 15.4 Å². The van der Waals surface area contributed by atoms with E-state index in [0.29, 0.717) is 25.3 Å². The van der Waals surface area contributed by atoms with E-state index in [1.165, 1.54) is 0 Å². The highest BCUT2D eigenvalue weighted by Gasteiger charge is 2.46. The van der Waals surface area contributed by atoms with Gasteiger partial charge in [-0.1, -0.05) is 30.3 Å². The van der Waals surface area contributed by atoms with Crippen LogP contribution in [0.4, 0.5) is 0 Å². The highest BCUT2D eigenvalue weighted by atomic mass is 16.5. The van der Waals surface area contributed by atoms with Gasteiger partial charge in [0.1, 0.15) is 17.0 Å². The van der Waals surface area contributed by atoms with E-state index in [-0.39, 0.29) is 24.3 Å². The summed E-state index contributed by atoms with van der Waals surface area (Å²) in [5.74, 6) is -0.117. The second kappa shape index (κ2) is 8.97. The fourth-order valence-electron chi connectivity index (χ4n) is 4.36. The van der Waals surface area contributed by atoms with E-state index in [2.05, 4.69) is 10.6 Å². The quantitative estimate of drug-likeness (QED) is 0.580. The van der Waals surface area contributed by atoms with E-state index in [0.717, 1.165) is 22.2 Å². The molecule has 3 aromatic rings. The number of nitrogens with one attached hydrogen (secondary N) is 2. The molecule has 2 aromatic carbocycles. The van der Waals surface area contributed by atoms with Crippen LogP contribution in [0.3, 0.4) is 0 Å². The third kappa shape index (κ3) is 4.16. The number of benzene rings is 2. The summed E-state index contributed by atoms with van der Waals surface area (Å²) >= 11 is 0. The Morgan fingerprint density at radius 1 is 1.09 bits per heavy atom. The Kier molecular flexibility index (Phi) is 6.09. The maximum atomic E-state index is 13.2. The summed E-state index contributed by atoms with van der Waals surface area (Å²) in [6, 6.07) is 17.0. The summed E-state index contributed by atoms with van der Waals surface area (Å²) < 4.78 is 7.02. The second-order valence-electron chi connectivity index (χ2n) is 8.31. The number of hydrogen-bond acceptors (Lipinski definition) is 4. The lowest BCUT2D eigenvalue weighted by Gasteiger charge is -2.43. The van der Waals surface area contributed by atoms with Crippen LogP contribution in [0.1, 0.15) is 29.9 Å². The maximum absolute atomic E-state index is 13.2. The molecule has 1 aliphatic rings. The summed E-state index contributed by atoms with van der Waals surface area (Å²) in [7, 11) is 1.60. The Morgan fingerprint density at radius 2 is 1.82 bits per heavy atom. The number of fused-ring (bicyclic) bond motifs is 3. The van der Waals surface area contributed by atoms with Crippen molar-refractivity contribution in [2.45, 2.75) is 32.5 Å². The van der Waals surface area contributed by atoms with Crippen LogP contribution in [0.5, 0.6) is 5.75 Å². The first-order valence-electron chi connectivity index (χ1n) is 11.0. The maximum Gasteiger partial charge on any atom is 0.271 e. The predicted octanol–water partition coefficient (Wildman–Crippen LogP) is 2.32. The normalized spacial score (nSPS) is 17.5. The van der Waals surface area contributed by atoms with Gasteiger partial charge >= 0.3 is 0 Å². The van der Waals surface area contributed by atoms with Gasteiger partial charge in [-0.2, -0.15) is 0 Å². The van der Waals surface area contributed by atoms with Crippen LogP contribution in [0.25, 0.3) is 10.9 Å². The zero-order valence-corrected chi connectivity index (χ0v) is 19.1. The van der Waals surface area contributed by atoms with Crippen molar-refractivity contribution in [1.29, 1.82) is 0 Å². The fraction of sp³-hybridized carbons (Fsp3) is 0.320. The molecule has 2 heterocycles. The third-order valence-electron chi connectivity index (χ3n) is 6.20. The van der Waals surface area contributed by atoms with E-state index in [1.807, 2.05) is 66.1 Å². The minimum Gasteiger partial charge on any atom is -0.497 e. The number of hydrogen-bond donors (Lipinski definition) is 2. The highest BCUT2D eigenvalue weighted by Crippen LogP contribution is 2.32. The van der Waals surface area contributed by atoms with E-state index in [4.69, 9.17) is 4.74 Å². The van der Waals surface area contributed by atoms with Gasteiger partial charge in [-0.3, -0.25) is 14.4 Å². The molecule has 0 bridgehead atoms. The number of aromatic nitrogens is 1. The van der Waals surface area contributed by atoms with E-state index >= 15 is 0 Å². The fourth-order valence-corrected chi connectivity index (χ4v) is 4.36. The van der Waals surface area contributed by atoms with Crippen molar-refractivity contribution in [3.8, 4) is 5.75 Å². The van der Waals surface area contributed by atoms with E-state index < -0.39 is 5.54 Å². The molecule has 0 spiro atoms. The number of ether oxygens (including phenoxy) is 1. The van der Waals surface area contributed by atoms with Crippen molar-refractivity contribution in [3.63, 3.8) is 0 Å². The van der Waals surface area contributed by atoms with Crippen LogP contribution in [0.2, 0.25) is 0 Å². The van der Waals surface area contributed by atoms with Gasteiger partial charge in [0.2, 0.25) is 11.8 Å². The van der Waals surface area contributed by atoms with Crippen molar-refractivity contribution in [2.75, 3.05) is 20.2 Å². The molecule has 0 unspecified atom stereocenters. The predicted molar refractivity (Wildman–Crippen MR) is 125 cm³/mol. The summed E-state index contributed by atoms with van der Waals surface area (Å²) in [6.45, 7) is 4.46.